The van der Waals surface area contributed by atoms with Crippen LogP contribution in [-0.2, 0) is 19.5 Å². The van der Waals surface area contributed by atoms with Gasteiger partial charge in [0.15, 0.2) is 5.16 Å². The van der Waals surface area contributed by atoms with Crippen molar-refractivity contribution in [2.75, 3.05) is 17.6 Å². The van der Waals surface area contributed by atoms with E-state index in [4.69, 9.17) is 5.73 Å². The molecule has 20 heavy (non-hydrogen) atoms. The molecule has 106 valence electrons. The van der Waals surface area contributed by atoms with Crippen LogP contribution in [-0.4, -0.2) is 31.8 Å². The zero-order valence-corrected chi connectivity index (χ0v) is 12.3. The molecule has 0 amide bonds. The summed E-state index contributed by atoms with van der Waals surface area (Å²) in [5.74, 6) is 2.73. The molecule has 7 heteroatoms. The van der Waals surface area contributed by atoms with Gasteiger partial charge in [0.25, 0.3) is 0 Å². The molecule has 3 N–H and O–H groups in total. The molecule has 6 nitrogen and oxygen atoms in total. The Morgan fingerprint density at radius 2 is 2.25 bits per heavy atom. The number of aromatic nitrogens is 4. The van der Waals surface area contributed by atoms with Crippen LogP contribution in [0.1, 0.15) is 17.2 Å². The lowest BCUT2D eigenvalue weighted by Gasteiger charge is -2.07. The molecule has 0 radical (unpaired) electrons. The quantitative estimate of drug-likeness (QED) is 0.861. The Labute approximate surface area is 122 Å². The van der Waals surface area contributed by atoms with E-state index in [1.54, 1.807) is 11.8 Å². The lowest BCUT2D eigenvalue weighted by molar-refractivity contribution is 0.719. The van der Waals surface area contributed by atoms with E-state index in [0.717, 1.165) is 46.9 Å². The largest absolute Gasteiger partial charge is 0.364 e. The first-order valence-electron chi connectivity index (χ1n) is 6.72. The fourth-order valence-corrected chi connectivity index (χ4v) is 3.19. The van der Waals surface area contributed by atoms with Gasteiger partial charge in [-0.1, -0.05) is 11.8 Å². The molecule has 0 aromatic carbocycles. The number of nitrogens with zero attached hydrogens (tertiary/aromatic N) is 4. The van der Waals surface area contributed by atoms with Gasteiger partial charge in [-0.3, -0.25) is 0 Å². The predicted octanol–water partition coefficient (Wildman–Crippen LogP) is 1.20. The fourth-order valence-electron chi connectivity index (χ4n) is 2.22. The highest BCUT2D eigenvalue weighted by atomic mass is 32.2. The Balaban J connectivity index is 1.68. The molecule has 1 aliphatic rings. The molecule has 0 fully saturated rings. The SMILES string of the molecule is Cc1nc(CCN)cc(NCc2cn3c(n2)SCC3)n1. The maximum Gasteiger partial charge on any atom is 0.168 e. The van der Waals surface area contributed by atoms with E-state index in [0.29, 0.717) is 13.1 Å². The Kier molecular flexibility index (Phi) is 3.88. The Morgan fingerprint density at radius 1 is 1.35 bits per heavy atom. The third kappa shape index (κ3) is 2.94. The molecule has 0 saturated heterocycles. The average molecular weight is 290 g/mol. The lowest BCUT2D eigenvalue weighted by Crippen LogP contribution is -2.09. The lowest BCUT2D eigenvalue weighted by atomic mass is 10.3. The van der Waals surface area contributed by atoms with Crippen molar-refractivity contribution in [3.63, 3.8) is 0 Å². The molecule has 2 aromatic heterocycles. The zero-order chi connectivity index (χ0) is 13.9. The van der Waals surface area contributed by atoms with Crippen LogP contribution < -0.4 is 11.1 Å². The van der Waals surface area contributed by atoms with Gasteiger partial charge < -0.3 is 15.6 Å². The van der Waals surface area contributed by atoms with Crippen molar-refractivity contribution in [1.29, 1.82) is 0 Å². The minimum Gasteiger partial charge on any atom is -0.364 e. The van der Waals surface area contributed by atoms with Crippen LogP contribution in [0.25, 0.3) is 0 Å². The number of rotatable bonds is 5. The highest BCUT2D eigenvalue weighted by molar-refractivity contribution is 7.99. The number of imidazole rings is 1. The van der Waals surface area contributed by atoms with Gasteiger partial charge in [0.05, 0.1) is 12.2 Å². The molecule has 0 unspecified atom stereocenters. The molecular weight excluding hydrogens is 272 g/mol. The number of fused-ring (bicyclic) bond motifs is 1. The summed E-state index contributed by atoms with van der Waals surface area (Å²) in [7, 11) is 0. The van der Waals surface area contributed by atoms with Gasteiger partial charge in [0, 0.05) is 36.7 Å². The van der Waals surface area contributed by atoms with E-state index in [-0.39, 0.29) is 0 Å². The number of nitrogens with two attached hydrogens (primary N) is 1. The molecule has 3 heterocycles. The fraction of sp³-hybridized carbons (Fsp3) is 0.462. The van der Waals surface area contributed by atoms with Crippen LogP contribution >= 0.6 is 11.8 Å². The molecule has 1 aliphatic heterocycles. The number of thioether (sulfide) groups is 1. The van der Waals surface area contributed by atoms with Crippen LogP contribution in [0.5, 0.6) is 0 Å². The second-order valence-electron chi connectivity index (χ2n) is 4.74. The summed E-state index contributed by atoms with van der Waals surface area (Å²) in [5, 5.41) is 4.43. The number of anilines is 1. The molecule has 0 atom stereocenters. The summed E-state index contributed by atoms with van der Waals surface area (Å²) in [6.07, 6.45) is 2.88. The normalized spacial score (nSPS) is 13.5. The highest BCUT2D eigenvalue weighted by Crippen LogP contribution is 2.24. The smallest absolute Gasteiger partial charge is 0.168 e. The summed E-state index contributed by atoms with van der Waals surface area (Å²) in [4.78, 5) is 13.3. The van der Waals surface area contributed by atoms with Gasteiger partial charge in [-0.15, -0.1) is 0 Å². The number of aryl methyl sites for hydroxylation is 2. The van der Waals surface area contributed by atoms with Gasteiger partial charge in [-0.05, 0) is 13.5 Å². The Morgan fingerprint density at radius 3 is 3.05 bits per heavy atom. The maximum atomic E-state index is 5.57. The Hall–Kier alpha value is -1.60. The second kappa shape index (κ2) is 5.80. The number of hydrogen-bond acceptors (Lipinski definition) is 6. The van der Waals surface area contributed by atoms with E-state index in [2.05, 4.69) is 31.0 Å². The van der Waals surface area contributed by atoms with Crippen LogP contribution in [0.2, 0.25) is 0 Å². The average Bonchev–Trinajstić information content (AvgIpc) is 2.96. The molecule has 0 bridgehead atoms. The standard InChI is InChI=1S/C13H18N6S/c1-9-16-10(2-3-14)6-12(17-9)15-7-11-8-19-4-5-20-13(19)18-11/h6,8H,2-5,7,14H2,1H3,(H,15,16,17). The third-order valence-corrected chi connectivity index (χ3v) is 4.07. The van der Waals surface area contributed by atoms with Crippen LogP contribution in [0.3, 0.4) is 0 Å². The van der Waals surface area contributed by atoms with Gasteiger partial charge in [0.1, 0.15) is 11.6 Å². The van der Waals surface area contributed by atoms with Gasteiger partial charge in [-0.2, -0.15) is 0 Å². The molecule has 3 rings (SSSR count). The van der Waals surface area contributed by atoms with E-state index >= 15 is 0 Å². The first kappa shape index (κ1) is 13.4. The molecular formula is C13H18N6S. The topological polar surface area (TPSA) is 81.6 Å². The van der Waals surface area contributed by atoms with Crippen LogP contribution in [0.4, 0.5) is 5.82 Å². The Bertz CT molecular complexity index is 587. The molecule has 0 spiro atoms. The maximum absolute atomic E-state index is 5.57. The molecule has 0 saturated carbocycles. The van der Waals surface area contributed by atoms with Crippen LogP contribution in [0, 0.1) is 6.92 Å². The van der Waals surface area contributed by atoms with Crippen molar-refractivity contribution in [3.8, 4) is 0 Å². The minimum absolute atomic E-state index is 0.598. The number of nitrogens with one attached hydrogen (secondary N) is 1. The van der Waals surface area contributed by atoms with Crippen LogP contribution in [0.15, 0.2) is 17.4 Å². The van der Waals surface area contributed by atoms with Crippen molar-refractivity contribution in [3.05, 3.63) is 29.5 Å². The minimum atomic E-state index is 0.598. The molecule has 0 aliphatic carbocycles. The van der Waals surface area contributed by atoms with Gasteiger partial charge in [-0.25, -0.2) is 15.0 Å². The van der Waals surface area contributed by atoms with Gasteiger partial charge in [0.2, 0.25) is 0 Å². The molecule has 2 aromatic rings. The van der Waals surface area contributed by atoms with Crippen molar-refractivity contribution in [1.82, 2.24) is 19.5 Å². The van der Waals surface area contributed by atoms with Crippen molar-refractivity contribution < 1.29 is 0 Å². The number of hydrogen-bond donors (Lipinski definition) is 2. The van der Waals surface area contributed by atoms with E-state index < -0.39 is 0 Å². The third-order valence-electron chi connectivity index (χ3n) is 3.10. The monoisotopic (exact) mass is 290 g/mol. The summed E-state index contributed by atoms with van der Waals surface area (Å²) in [6.45, 7) is 4.23. The van der Waals surface area contributed by atoms with Gasteiger partial charge >= 0.3 is 0 Å². The summed E-state index contributed by atoms with van der Waals surface area (Å²) >= 11 is 1.81. The van der Waals surface area contributed by atoms with Crippen molar-refractivity contribution in [2.45, 2.75) is 31.6 Å². The summed E-state index contributed by atoms with van der Waals surface area (Å²) in [5.41, 5.74) is 7.59. The van der Waals surface area contributed by atoms with E-state index in [1.807, 2.05) is 13.0 Å². The predicted molar refractivity (Wildman–Crippen MR) is 79.8 cm³/mol. The van der Waals surface area contributed by atoms with Crippen molar-refractivity contribution in [2.24, 2.45) is 5.73 Å². The summed E-state index contributed by atoms with van der Waals surface area (Å²) in [6, 6.07) is 1.96. The first-order chi connectivity index (χ1) is 9.74. The zero-order valence-electron chi connectivity index (χ0n) is 11.5. The first-order valence-corrected chi connectivity index (χ1v) is 7.70. The van der Waals surface area contributed by atoms with Crippen molar-refractivity contribution >= 4 is 17.6 Å². The second-order valence-corrected chi connectivity index (χ2v) is 5.80. The van der Waals surface area contributed by atoms with E-state index in [9.17, 15) is 0 Å². The highest BCUT2D eigenvalue weighted by Gasteiger charge is 2.14. The van der Waals surface area contributed by atoms with E-state index in [1.165, 1.54) is 0 Å². The summed E-state index contributed by atoms with van der Waals surface area (Å²) < 4.78 is 2.20.